The Balaban J connectivity index is 0.00000353. The Bertz CT molecular complexity index is 1260. The predicted molar refractivity (Wildman–Crippen MR) is 152 cm³/mol. The van der Waals surface area contributed by atoms with Crippen LogP contribution in [-0.2, 0) is 17.9 Å². The fourth-order valence-corrected chi connectivity index (χ4v) is 5.66. The van der Waals surface area contributed by atoms with Crippen LogP contribution in [0.25, 0.3) is 5.69 Å². The van der Waals surface area contributed by atoms with Crippen molar-refractivity contribution in [2.24, 2.45) is 11.5 Å². The van der Waals surface area contributed by atoms with Gasteiger partial charge in [0.1, 0.15) is 5.82 Å². The van der Waals surface area contributed by atoms with Crippen LogP contribution in [0.5, 0.6) is 0 Å². The summed E-state index contributed by atoms with van der Waals surface area (Å²) in [4.78, 5) is 47.9. The van der Waals surface area contributed by atoms with Gasteiger partial charge in [-0.3, -0.25) is 19.6 Å². The van der Waals surface area contributed by atoms with Gasteiger partial charge in [0.25, 0.3) is 0 Å². The van der Waals surface area contributed by atoms with E-state index in [2.05, 4.69) is 27.3 Å². The number of anilines is 1. The van der Waals surface area contributed by atoms with E-state index in [1.165, 1.54) is 15.7 Å². The summed E-state index contributed by atoms with van der Waals surface area (Å²) in [6.07, 6.45) is 6.07. The SMILES string of the molecule is CC(C)(N)C(=O)N1CCN(C(=O)Nc2ccn(-c3ccc4c(c3)CN([C@H]3CC[C@H](N)CC3)C4)c(=O)n2)CC1.Cl. The lowest BCUT2D eigenvalue weighted by Gasteiger charge is -2.37. The molecule has 0 unspecified atom stereocenters. The lowest BCUT2D eigenvalue weighted by atomic mass is 9.91. The average molecular weight is 559 g/mol. The lowest BCUT2D eigenvalue weighted by molar-refractivity contribution is -0.137. The van der Waals surface area contributed by atoms with Crippen molar-refractivity contribution < 1.29 is 9.59 Å². The van der Waals surface area contributed by atoms with Crippen molar-refractivity contribution in [3.8, 4) is 5.69 Å². The topological polar surface area (TPSA) is 143 Å². The molecule has 3 amide bonds. The van der Waals surface area contributed by atoms with Crippen LogP contribution in [0.4, 0.5) is 10.6 Å². The summed E-state index contributed by atoms with van der Waals surface area (Å²) in [6, 6.07) is 8.28. The van der Waals surface area contributed by atoms with Crippen molar-refractivity contribution in [3.05, 3.63) is 52.1 Å². The maximum absolute atomic E-state index is 12.9. The molecule has 1 saturated heterocycles. The first kappa shape index (κ1) is 29.0. The van der Waals surface area contributed by atoms with E-state index in [0.717, 1.165) is 44.5 Å². The minimum absolute atomic E-state index is 0. The highest BCUT2D eigenvalue weighted by atomic mass is 35.5. The number of carbonyl (C=O) groups is 2. The second-order valence-electron chi connectivity index (χ2n) is 11.3. The van der Waals surface area contributed by atoms with E-state index in [-0.39, 0.29) is 30.2 Å². The monoisotopic (exact) mass is 558 g/mol. The van der Waals surface area contributed by atoms with Gasteiger partial charge in [-0.15, -0.1) is 12.4 Å². The van der Waals surface area contributed by atoms with Gasteiger partial charge in [0, 0.05) is 57.5 Å². The molecule has 0 spiro atoms. The molecule has 5 rings (SSSR count). The van der Waals surface area contributed by atoms with Gasteiger partial charge in [-0.05, 0) is 68.9 Å². The summed E-state index contributed by atoms with van der Waals surface area (Å²) in [7, 11) is 0. The standard InChI is InChI=1S/C27H38N8O3.ClH/c1-27(2,29)24(36)32-11-13-33(14-12-32)25(37)30-23-9-10-35(26(38)31-23)22-6-3-18-16-34(17-19(18)15-22)21-7-4-20(28)5-8-21;/h3,6,9-10,15,20-21H,4-5,7-8,11-14,16-17,28-29H2,1-2H3,(H,30,31,37,38);1H/t20-,21-;. The van der Waals surface area contributed by atoms with Crippen molar-refractivity contribution in [1.29, 1.82) is 0 Å². The number of benzene rings is 1. The number of amides is 3. The molecular formula is C27H39ClN8O3. The third kappa shape index (κ3) is 6.43. The Morgan fingerprint density at radius 1 is 0.974 bits per heavy atom. The molecule has 212 valence electrons. The van der Waals surface area contributed by atoms with E-state index in [4.69, 9.17) is 11.5 Å². The molecule has 2 aromatic rings. The number of piperazine rings is 1. The van der Waals surface area contributed by atoms with Gasteiger partial charge in [-0.1, -0.05) is 6.07 Å². The quantitative estimate of drug-likeness (QED) is 0.518. The average Bonchev–Trinajstić information content (AvgIpc) is 3.32. The van der Waals surface area contributed by atoms with Crippen molar-refractivity contribution >= 4 is 30.2 Å². The summed E-state index contributed by atoms with van der Waals surface area (Å²) in [5.41, 5.74) is 13.9. The Morgan fingerprint density at radius 2 is 1.62 bits per heavy atom. The first-order valence-electron chi connectivity index (χ1n) is 13.4. The number of nitrogens with two attached hydrogens (primary N) is 2. The molecule has 1 aliphatic carbocycles. The minimum Gasteiger partial charge on any atom is -0.338 e. The summed E-state index contributed by atoms with van der Waals surface area (Å²) >= 11 is 0. The molecule has 0 bridgehead atoms. The van der Waals surface area contributed by atoms with Gasteiger partial charge in [-0.2, -0.15) is 4.98 Å². The first-order valence-corrected chi connectivity index (χ1v) is 13.4. The smallest absolute Gasteiger partial charge is 0.338 e. The second kappa shape index (κ2) is 11.6. The van der Waals surface area contributed by atoms with Crippen LogP contribution < -0.4 is 22.5 Å². The van der Waals surface area contributed by atoms with Gasteiger partial charge in [-0.25, -0.2) is 9.59 Å². The number of aromatic nitrogens is 2. The van der Waals surface area contributed by atoms with Crippen LogP contribution >= 0.6 is 12.4 Å². The normalized spacial score (nSPS) is 21.7. The van der Waals surface area contributed by atoms with Crippen LogP contribution in [0.1, 0.15) is 50.7 Å². The first-order chi connectivity index (χ1) is 18.1. The Morgan fingerprint density at radius 3 is 2.26 bits per heavy atom. The fraction of sp³-hybridized carbons (Fsp3) is 0.556. The van der Waals surface area contributed by atoms with Crippen molar-refractivity contribution in [2.45, 2.75) is 70.2 Å². The molecule has 0 atom stereocenters. The summed E-state index contributed by atoms with van der Waals surface area (Å²) in [5.74, 6) is 0.0570. The predicted octanol–water partition coefficient (Wildman–Crippen LogP) is 1.65. The molecule has 1 aromatic carbocycles. The Labute approximate surface area is 234 Å². The highest BCUT2D eigenvalue weighted by molar-refractivity contribution is 5.89. The highest BCUT2D eigenvalue weighted by Gasteiger charge is 2.32. The molecule has 12 heteroatoms. The lowest BCUT2D eigenvalue weighted by Crippen LogP contribution is -2.58. The summed E-state index contributed by atoms with van der Waals surface area (Å²) in [6.45, 7) is 6.73. The Hall–Kier alpha value is -2.99. The van der Waals surface area contributed by atoms with Gasteiger partial charge in [0.15, 0.2) is 0 Å². The Kier molecular flexibility index (Phi) is 8.65. The number of urea groups is 1. The molecule has 11 nitrogen and oxygen atoms in total. The van der Waals surface area contributed by atoms with Crippen molar-refractivity contribution in [3.63, 3.8) is 0 Å². The molecule has 0 radical (unpaired) electrons. The molecule has 1 aromatic heterocycles. The molecule has 5 N–H and O–H groups in total. The van der Waals surface area contributed by atoms with E-state index in [1.807, 2.05) is 6.07 Å². The van der Waals surface area contributed by atoms with Crippen LogP contribution in [0.15, 0.2) is 35.3 Å². The molecule has 1 saturated carbocycles. The molecule has 2 fully saturated rings. The van der Waals surface area contributed by atoms with E-state index in [1.54, 1.807) is 35.9 Å². The molecule has 39 heavy (non-hydrogen) atoms. The van der Waals surface area contributed by atoms with Crippen molar-refractivity contribution in [1.82, 2.24) is 24.3 Å². The van der Waals surface area contributed by atoms with Crippen LogP contribution in [-0.4, -0.2) is 80.0 Å². The zero-order valence-corrected chi connectivity index (χ0v) is 23.5. The fourth-order valence-electron chi connectivity index (χ4n) is 5.66. The van der Waals surface area contributed by atoms with Gasteiger partial charge in [0.05, 0.1) is 11.2 Å². The molecule has 3 heterocycles. The van der Waals surface area contributed by atoms with Crippen molar-refractivity contribution in [2.75, 3.05) is 31.5 Å². The maximum Gasteiger partial charge on any atom is 0.354 e. The number of fused-ring (bicyclic) bond motifs is 1. The number of nitrogens with one attached hydrogen (secondary N) is 1. The zero-order valence-electron chi connectivity index (χ0n) is 22.6. The molecule has 3 aliphatic rings. The van der Waals surface area contributed by atoms with E-state index >= 15 is 0 Å². The maximum atomic E-state index is 12.9. The van der Waals surface area contributed by atoms with Crippen LogP contribution in [0, 0.1) is 0 Å². The molecular weight excluding hydrogens is 520 g/mol. The number of hydrogen-bond acceptors (Lipinski definition) is 7. The summed E-state index contributed by atoms with van der Waals surface area (Å²) in [5, 5.41) is 2.71. The van der Waals surface area contributed by atoms with Crippen LogP contribution in [0.3, 0.4) is 0 Å². The number of carbonyl (C=O) groups excluding carboxylic acids is 2. The van der Waals surface area contributed by atoms with E-state index < -0.39 is 11.2 Å². The van der Waals surface area contributed by atoms with Crippen LogP contribution in [0.2, 0.25) is 0 Å². The van der Waals surface area contributed by atoms with Gasteiger partial charge in [0.2, 0.25) is 5.91 Å². The number of rotatable bonds is 4. The number of nitrogens with zero attached hydrogens (tertiary/aromatic N) is 5. The highest BCUT2D eigenvalue weighted by Crippen LogP contribution is 2.31. The van der Waals surface area contributed by atoms with Gasteiger partial charge >= 0.3 is 11.7 Å². The van der Waals surface area contributed by atoms with E-state index in [9.17, 15) is 14.4 Å². The van der Waals surface area contributed by atoms with Gasteiger partial charge < -0.3 is 21.3 Å². The molecule has 2 aliphatic heterocycles. The number of halogens is 1. The zero-order chi connectivity index (χ0) is 27.0. The third-order valence-corrected chi connectivity index (χ3v) is 7.92. The minimum atomic E-state index is -0.944. The third-order valence-electron chi connectivity index (χ3n) is 7.92. The number of hydrogen-bond donors (Lipinski definition) is 3. The summed E-state index contributed by atoms with van der Waals surface area (Å²) < 4.78 is 1.50. The second-order valence-corrected chi connectivity index (χ2v) is 11.3. The largest absolute Gasteiger partial charge is 0.354 e. The van der Waals surface area contributed by atoms with E-state index in [0.29, 0.717) is 38.3 Å².